The summed E-state index contributed by atoms with van der Waals surface area (Å²) in [6.07, 6.45) is 5.32. The van der Waals surface area contributed by atoms with Crippen LogP contribution in [0.3, 0.4) is 0 Å². The van der Waals surface area contributed by atoms with Crippen molar-refractivity contribution < 1.29 is 9.53 Å². The zero-order valence-electron chi connectivity index (χ0n) is 14.0. The number of ether oxygens (including phenoxy) is 1. The van der Waals surface area contributed by atoms with Gasteiger partial charge < -0.3 is 15.0 Å². The molecular formula is C17H21N5O3. The Hall–Kier alpha value is -2.48. The molecule has 132 valence electrons. The van der Waals surface area contributed by atoms with Gasteiger partial charge in [-0.3, -0.25) is 9.59 Å². The molecule has 0 atom stereocenters. The molecule has 8 nitrogen and oxygen atoms in total. The minimum absolute atomic E-state index is 0.00672. The third-order valence-electron chi connectivity index (χ3n) is 4.87. The van der Waals surface area contributed by atoms with Gasteiger partial charge in [-0.25, -0.2) is 4.98 Å². The van der Waals surface area contributed by atoms with E-state index in [1.807, 2.05) is 6.07 Å². The first-order valence-corrected chi connectivity index (χ1v) is 8.75. The molecule has 1 aliphatic heterocycles. The number of carbonyl (C=O) groups excluding carboxylic acids is 1. The number of morpholine rings is 1. The fraction of sp³-hybridized carbons (Fsp3) is 0.529. The summed E-state index contributed by atoms with van der Waals surface area (Å²) in [4.78, 5) is 31.3. The number of hydrogen-bond donors (Lipinski definition) is 1. The van der Waals surface area contributed by atoms with Crippen LogP contribution in [0.2, 0.25) is 0 Å². The lowest BCUT2D eigenvalue weighted by molar-refractivity contribution is -0.119. The SMILES string of the molecule is O=C(Nc1cnc2ccc(N3CCOCC3)nn2c1=O)C1CCCC1. The molecule has 1 saturated carbocycles. The van der Waals surface area contributed by atoms with E-state index in [-0.39, 0.29) is 23.1 Å². The summed E-state index contributed by atoms with van der Waals surface area (Å²) in [5.41, 5.74) is 0.286. The maximum atomic E-state index is 12.7. The van der Waals surface area contributed by atoms with Crippen LogP contribution < -0.4 is 15.8 Å². The molecule has 1 amide bonds. The van der Waals surface area contributed by atoms with Gasteiger partial charge in [0.1, 0.15) is 11.5 Å². The number of nitrogens with zero attached hydrogens (tertiary/aromatic N) is 4. The van der Waals surface area contributed by atoms with Crippen LogP contribution in [0.4, 0.5) is 11.5 Å². The van der Waals surface area contributed by atoms with E-state index < -0.39 is 0 Å². The number of carbonyl (C=O) groups is 1. The Kier molecular flexibility index (Phi) is 4.35. The minimum Gasteiger partial charge on any atom is -0.378 e. The van der Waals surface area contributed by atoms with E-state index in [9.17, 15) is 9.59 Å². The lowest BCUT2D eigenvalue weighted by atomic mass is 10.1. The first kappa shape index (κ1) is 16.0. The standard InChI is InChI=1S/C17H21N5O3/c23-16(12-3-1-2-4-12)19-13-11-18-14-5-6-15(20-22(14)17(13)24)21-7-9-25-10-8-21/h5-6,11-12H,1-4,7-10H2,(H,19,23). The highest BCUT2D eigenvalue weighted by molar-refractivity contribution is 5.92. The predicted octanol–water partition coefficient (Wildman–Crippen LogP) is 1.05. The second-order valence-electron chi connectivity index (χ2n) is 6.51. The van der Waals surface area contributed by atoms with Crippen LogP contribution in [0, 0.1) is 5.92 Å². The van der Waals surface area contributed by atoms with Gasteiger partial charge in [-0.15, -0.1) is 5.10 Å². The van der Waals surface area contributed by atoms with Crippen molar-refractivity contribution >= 4 is 23.1 Å². The van der Waals surface area contributed by atoms with Crippen LogP contribution in [-0.4, -0.2) is 46.8 Å². The van der Waals surface area contributed by atoms with Gasteiger partial charge in [-0.05, 0) is 25.0 Å². The van der Waals surface area contributed by atoms with E-state index in [0.29, 0.717) is 24.7 Å². The van der Waals surface area contributed by atoms with Gasteiger partial charge in [0.15, 0.2) is 5.65 Å². The first-order chi connectivity index (χ1) is 12.2. The molecule has 2 aliphatic rings. The van der Waals surface area contributed by atoms with Crippen molar-refractivity contribution in [2.24, 2.45) is 5.92 Å². The summed E-state index contributed by atoms with van der Waals surface area (Å²) < 4.78 is 6.61. The quantitative estimate of drug-likeness (QED) is 0.896. The Morgan fingerprint density at radius 1 is 1.20 bits per heavy atom. The monoisotopic (exact) mass is 343 g/mol. The van der Waals surface area contributed by atoms with Crippen molar-refractivity contribution in [1.29, 1.82) is 0 Å². The van der Waals surface area contributed by atoms with Crippen molar-refractivity contribution in [2.75, 3.05) is 36.5 Å². The van der Waals surface area contributed by atoms with Gasteiger partial charge in [-0.1, -0.05) is 12.8 Å². The number of hydrogen-bond acceptors (Lipinski definition) is 6. The molecule has 2 fully saturated rings. The Bertz CT molecular complexity index is 838. The fourth-order valence-corrected chi connectivity index (χ4v) is 3.42. The molecule has 0 spiro atoms. The Balaban J connectivity index is 1.63. The van der Waals surface area contributed by atoms with Gasteiger partial charge in [0.05, 0.1) is 19.4 Å². The number of nitrogens with one attached hydrogen (secondary N) is 1. The summed E-state index contributed by atoms with van der Waals surface area (Å²) in [5.74, 6) is 0.604. The van der Waals surface area contributed by atoms with Crippen LogP contribution in [0.5, 0.6) is 0 Å². The average molecular weight is 343 g/mol. The third-order valence-corrected chi connectivity index (χ3v) is 4.87. The summed E-state index contributed by atoms with van der Waals surface area (Å²) in [6, 6.07) is 3.62. The number of amides is 1. The number of anilines is 2. The predicted molar refractivity (Wildman–Crippen MR) is 92.9 cm³/mol. The zero-order valence-corrected chi connectivity index (χ0v) is 14.0. The molecule has 0 unspecified atom stereocenters. The fourth-order valence-electron chi connectivity index (χ4n) is 3.42. The Morgan fingerprint density at radius 2 is 1.96 bits per heavy atom. The second-order valence-corrected chi connectivity index (χ2v) is 6.51. The van der Waals surface area contributed by atoms with E-state index in [1.54, 1.807) is 6.07 Å². The summed E-state index contributed by atoms with van der Waals surface area (Å²) in [7, 11) is 0. The molecule has 2 aromatic rings. The van der Waals surface area contributed by atoms with Crippen LogP contribution in [-0.2, 0) is 9.53 Å². The van der Waals surface area contributed by atoms with Crippen LogP contribution in [0.1, 0.15) is 25.7 Å². The van der Waals surface area contributed by atoms with Crippen molar-refractivity contribution in [1.82, 2.24) is 14.6 Å². The van der Waals surface area contributed by atoms with Gasteiger partial charge in [0.2, 0.25) is 5.91 Å². The van der Waals surface area contributed by atoms with Gasteiger partial charge in [-0.2, -0.15) is 4.52 Å². The van der Waals surface area contributed by atoms with E-state index in [0.717, 1.165) is 38.8 Å². The maximum absolute atomic E-state index is 12.7. The normalized spacial score (nSPS) is 18.6. The highest BCUT2D eigenvalue weighted by Crippen LogP contribution is 2.25. The second kappa shape index (κ2) is 6.79. The van der Waals surface area contributed by atoms with E-state index in [1.165, 1.54) is 10.7 Å². The topological polar surface area (TPSA) is 88.8 Å². The number of rotatable bonds is 3. The van der Waals surface area contributed by atoms with Crippen LogP contribution in [0.15, 0.2) is 23.1 Å². The molecular weight excluding hydrogens is 322 g/mol. The van der Waals surface area contributed by atoms with Gasteiger partial charge >= 0.3 is 0 Å². The molecule has 1 saturated heterocycles. The highest BCUT2D eigenvalue weighted by atomic mass is 16.5. The average Bonchev–Trinajstić information content (AvgIpc) is 3.19. The molecule has 25 heavy (non-hydrogen) atoms. The molecule has 3 heterocycles. The van der Waals surface area contributed by atoms with Crippen molar-refractivity contribution in [3.8, 4) is 0 Å². The minimum atomic E-state index is -0.355. The largest absolute Gasteiger partial charge is 0.378 e. The van der Waals surface area contributed by atoms with Crippen molar-refractivity contribution in [3.05, 3.63) is 28.7 Å². The number of fused-ring (bicyclic) bond motifs is 1. The molecule has 0 bridgehead atoms. The molecule has 0 radical (unpaired) electrons. The summed E-state index contributed by atoms with van der Waals surface area (Å²) >= 11 is 0. The Labute approximate surface area is 144 Å². The molecule has 8 heteroatoms. The number of aromatic nitrogens is 3. The lowest BCUT2D eigenvalue weighted by Gasteiger charge is -2.27. The van der Waals surface area contributed by atoms with E-state index in [4.69, 9.17) is 4.74 Å². The van der Waals surface area contributed by atoms with E-state index >= 15 is 0 Å². The zero-order chi connectivity index (χ0) is 17.2. The highest BCUT2D eigenvalue weighted by Gasteiger charge is 2.23. The van der Waals surface area contributed by atoms with Crippen LogP contribution >= 0.6 is 0 Å². The molecule has 2 aromatic heterocycles. The third kappa shape index (κ3) is 3.21. The van der Waals surface area contributed by atoms with Gasteiger partial charge in [0.25, 0.3) is 5.56 Å². The summed E-state index contributed by atoms with van der Waals surface area (Å²) in [6.45, 7) is 2.76. The van der Waals surface area contributed by atoms with Crippen molar-refractivity contribution in [2.45, 2.75) is 25.7 Å². The molecule has 4 rings (SSSR count). The van der Waals surface area contributed by atoms with E-state index in [2.05, 4.69) is 20.3 Å². The molecule has 0 aromatic carbocycles. The summed E-state index contributed by atoms with van der Waals surface area (Å²) in [5, 5.41) is 7.16. The smallest absolute Gasteiger partial charge is 0.298 e. The van der Waals surface area contributed by atoms with Crippen LogP contribution in [0.25, 0.3) is 5.65 Å². The Morgan fingerprint density at radius 3 is 2.72 bits per heavy atom. The van der Waals surface area contributed by atoms with Gasteiger partial charge in [0, 0.05) is 19.0 Å². The lowest BCUT2D eigenvalue weighted by Crippen LogP contribution is -2.37. The molecule has 1 aliphatic carbocycles. The first-order valence-electron chi connectivity index (χ1n) is 8.75. The molecule has 1 N–H and O–H groups in total. The van der Waals surface area contributed by atoms with Crippen molar-refractivity contribution in [3.63, 3.8) is 0 Å². The maximum Gasteiger partial charge on any atom is 0.298 e.